The topological polar surface area (TPSA) is 12.0 Å². The first-order valence-electron chi connectivity index (χ1n) is 5.10. The van der Waals surface area contributed by atoms with Gasteiger partial charge in [0.2, 0.25) is 0 Å². The largest absolute Gasteiger partial charge is 0.309 e. The lowest BCUT2D eigenvalue weighted by molar-refractivity contribution is 0.688. The van der Waals surface area contributed by atoms with Crippen molar-refractivity contribution in [3.8, 4) is 0 Å². The monoisotopic (exact) mass is 515 g/mol. The molecule has 1 nitrogen and oxygen atoms in total. The fraction of sp³-hybridized carbons (Fsp3) is 0.167. The van der Waals surface area contributed by atoms with E-state index in [2.05, 4.69) is 87.2 Å². The second kappa shape index (κ2) is 6.50. The fourth-order valence-electron chi connectivity index (χ4n) is 1.76. The van der Waals surface area contributed by atoms with Gasteiger partial charge in [-0.2, -0.15) is 0 Å². The van der Waals surface area contributed by atoms with Crippen LogP contribution < -0.4 is 5.32 Å². The zero-order valence-electron chi connectivity index (χ0n) is 9.31. The van der Waals surface area contributed by atoms with E-state index in [1.807, 2.05) is 13.1 Å². The third-order valence-corrected chi connectivity index (χ3v) is 6.15. The number of hydrogen-bond acceptors (Lipinski definition) is 2. The zero-order chi connectivity index (χ0) is 13.3. The van der Waals surface area contributed by atoms with Gasteiger partial charge in [0, 0.05) is 8.95 Å². The number of rotatable bonds is 3. The van der Waals surface area contributed by atoms with Crippen LogP contribution in [-0.4, -0.2) is 7.05 Å². The van der Waals surface area contributed by atoms with E-state index in [-0.39, 0.29) is 6.04 Å². The molecule has 18 heavy (non-hydrogen) atoms. The zero-order valence-corrected chi connectivity index (χ0v) is 16.5. The average Bonchev–Trinajstić information content (AvgIpc) is 2.64. The van der Waals surface area contributed by atoms with Gasteiger partial charge in [-0.1, -0.05) is 31.9 Å². The lowest BCUT2D eigenvalue weighted by Gasteiger charge is -2.18. The molecule has 0 aliphatic carbocycles. The Balaban J connectivity index is 2.51. The third-order valence-electron chi connectivity index (χ3n) is 2.55. The highest BCUT2D eigenvalue weighted by Gasteiger charge is 2.19. The molecule has 0 radical (unpaired) electrons. The van der Waals surface area contributed by atoms with Gasteiger partial charge >= 0.3 is 0 Å². The second-order valence-corrected chi connectivity index (χ2v) is 9.19. The molecule has 6 heteroatoms. The summed E-state index contributed by atoms with van der Waals surface area (Å²) in [6, 6.07) is 8.50. The van der Waals surface area contributed by atoms with Gasteiger partial charge in [0.25, 0.3) is 0 Å². The van der Waals surface area contributed by atoms with E-state index >= 15 is 0 Å². The molecular formula is C12H9Br4NS. The Morgan fingerprint density at radius 1 is 1.06 bits per heavy atom. The van der Waals surface area contributed by atoms with E-state index < -0.39 is 0 Å². The summed E-state index contributed by atoms with van der Waals surface area (Å²) in [6.45, 7) is 0. The van der Waals surface area contributed by atoms with Crippen molar-refractivity contribution in [1.29, 1.82) is 0 Å². The molecule has 1 aromatic carbocycles. The van der Waals surface area contributed by atoms with Gasteiger partial charge in [-0.25, -0.2) is 0 Å². The predicted octanol–water partition coefficient (Wildman–Crippen LogP) is 6.11. The van der Waals surface area contributed by atoms with Crippen molar-refractivity contribution < 1.29 is 0 Å². The minimum absolute atomic E-state index is 0.147. The first kappa shape index (κ1) is 15.2. The Hall–Kier alpha value is 0.800. The van der Waals surface area contributed by atoms with Crippen LogP contribution in [0.3, 0.4) is 0 Å². The molecule has 1 unspecified atom stereocenters. The van der Waals surface area contributed by atoms with Gasteiger partial charge < -0.3 is 5.32 Å². The summed E-state index contributed by atoms with van der Waals surface area (Å²) < 4.78 is 4.43. The van der Waals surface area contributed by atoms with Crippen LogP contribution in [0.2, 0.25) is 0 Å². The van der Waals surface area contributed by atoms with Crippen molar-refractivity contribution >= 4 is 75.1 Å². The number of hydrogen-bond donors (Lipinski definition) is 1. The van der Waals surface area contributed by atoms with Crippen LogP contribution >= 0.6 is 75.1 Å². The minimum Gasteiger partial charge on any atom is -0.309 e. The molecule has 0 saturated heterocycles. The molecule has 96 valence electrons. The van der Waals surface area contributed by atoms with Gasteiger partial charge in [0.15, 0.2) is 0 Å². The van der Waals surface area contributed by atoms with Crippen molar-refractivity contribution in [2.75, 3.05) is 7.05 Å². The van der Waals surface area contributed by atoms with Crippen LogP contribution in [0.4, 0.5) is 0 Å². The SMILES string of the molecule is CNC(c1cc(Br)ccc1Br)c1cc(Br)sc1Br. The molecule has 0 aliphatic heterocycles. The lowest BCUT2D eigenvalue weighted by Crippen LogP contribution is -2.18. The lowest BCUT2D eigenvalue weighted by atomic mass is 10.0. The molecule has 0 saturated carbocycles. The van der Waals surface area contributed by atoms with Crippen LogP contribution in [0.15, 0.2) is 40.8 Å². The summed E-state index contributed by atoms with van der Waals surface area (Å²) in [4.78, 5) is 0. The van der Waals surface area contributed by atoms with Gasteiger partial charge in [0.05, 0.1) is 13.6 Å². The summed E-state index contributed by atoms with van der Waals surface area (Å²) >= 11 is 16.0. The summed E-state index contributed by atoms with van der Waals surface area (Å²) in [7, 11) is 1.97. The van der Waals surface area contributed by atoms with Crippen LogP contribution in [0.1, 0.15) is 17.2 Å². The Labute approximate surface area is 144 Å². The molecule has 0 fully saturated rings. The molecule has 2 aromatic rings. The maximum absolute atomic E-state index is 3.62. The van der Waals surface area contributed by atoms with Crippen molar-refractivity contribution in [3.63, 3.8) is 0 Å². The van der Waals surface area contributed by atoms with E-state index in [0.717, 1.165) is 16.5 Å². The highest BCUT2D eigenvalue weighted by Crippen LogP contribution is 2.39. The Bertz CT molecular complexity index is 567. The highest BCUT2D eigenvalue weighted by atomic mass is 79.9. The minimum atomic E-state index is 0.147. The molecule has 0 aliphatic rings. The number of thiophene rings is 1. The molecule has 0 amide bonds. The molecule has 0 spiro atoms. The van der Waals surface area contributed by atoms with Crippen molar-refractivity contribution in [1.82, 2.24) is 5.32 Å². The van der Waals surface area contributed by atoms with E-state index in [0.29, 0.717) is 0 Å². The normalized spacial score (nSPS) is 12.7. The number of nitrogens with one attached hydrogen (secondary N) is 1. The van der Waals surface area contributed by atoms with Crippen molar-refractivity contribution in [2.24, 2.45) is 0 Å². The van der Waals surface area contributed by atoms with E-state index in [9.17, 15) is 0 Å². The molecule has 1 heterocycles. The van der Waals surface area contributed by atoms with Gasteiger partial charge in [-0.05, 0) is 74.3 Å². The first-order chi connectivity index (χ1) is 8.52. The van der Waals surface area contributed by atoms with Crippen LogP contribution in [0.5, 0.6) is 0 Å². The molecular weight excluding hydrogens is 510 g/mol. The molecule has 1 aromatic heterocycles. The second-order valence-electron chi connectivity index (χ2n) is 3.67. The first-order valence-corrected chi connectivity index (χ1v) is 9.08. The summed E-state index contributed by atoms with van der Waals surface area (Å²) in [5.41, 5.74) is 2.44. The van der Waals surface area contributed by atoms with E-state index in [1.54, 1.807) is 11.3 Å². The van der Waals surface area contributed by atoms with Crippen molar-refractivity contribution in [3.05, 3.63) is 51.9 Å². The van der Waals surface area contributed by atoms with Gasteiger partial charge in [0.1, 0.15) is 0 Å². The maximum Gasteiger partial charge on any atom is 0.0761 e. The summed E-state index contributed by atoms with van der Waals surface area (Å²) in [6.07, 6.45) is 0. The Morgan fingerprint density at radius 3 is 2.33 bits per heavy atom. The van der Waals surface area contributed by atoms with Crippen LogP contribution in [-0.2, 0) is 0 Å². The van der Waals surface area contributed by atoms with Crippen LogP contribution in [0.25, 0.3) is 0 Å². The average molecular weight is 519 g/mol. The molecule has 2 rings (SSSR count). The fourth-order valence-corrected chi connectivity index (χ4v) is 5.52. The highest BCUT2D eigenvalue weighted by molar-refractivity contribution is 9.12. The smallest absolute Gasteiger partial charge is 0.0761 e. The van der Waals surface area contributed by atoms with E-state index in [1.165, 1.54) is 11.1 Å². The Kier molecular flexibility index (Phi) is 5.49. The van der Waals surface area contributed by atoms with E-state index in [4.69, 9.17) is 0 Å². The summed E-state index contributed by atoms with van der Waals surface area (Å²) in [5, 5.41) is 3.36. The molecule has 0 bridgehead atoms. The summed E-state index contributed by atoms with van der Waals surface area (Å²) in [5.74, 6) is 0. The standard InChI is InChI=1S/C12H9Br4NS/c1-17-11(8-5-10(15)18-12(8)16)7-4-6(13)2-3-9(7)14/h2-5,11,17H,1H3. The maximum atomic E-state index is 3.62. The predicted molar refractivity (Wildman–Crippen MR) is 92.5 cm³/mol. The van der Waals surface area contributed by atoms with Crippen molar-refractivity contribution in [2.45, 2.75) is 6.04 Å². The Morgan fingerprint density at radius 2 is 1.78 bits per heavy atom. The quantitative estimate of drug-likeness (QED) is 0.517. The third kappa shape index (κ3) is 3.27. The van der Waals surface area contributed by atoms with Gasteiger partial charge in [-0.15, -0.1) is 11.3 Å². The number of benzene rings is 1. The molecule has 1 atom stereocenters. The van der Waals surface area contributed by atoms with Gasteiger partial charge in [-0.3, -0.25) is 0 Å². The molecule has 1 N–H and O–H groups in total. The van der Waals surface area contributed by atoms with Crippen LogP contribution in [0, 0.1) is 0 Å². The number of halogens is 4.